The van der Waals surface area contributed by atoms with Crippen molar-refractivity contribution in [3.63, 3.8) is 0 Å². The average molecular weight is 275 g/mol. The van der Waals surface area contributed by atoms with Crippen molar-refractivity contribution < 1.29 is 13.2 Å². The highest BCUT2D eigenvalue weighted by Crippen LogP contribution is 2.36. The molecule has 8 heteroatoms. The third kappa shape index (κ3) is 2.28. The molecule has 0 unspecified atom stereocenters. The molecule has 2 rings (SSSR count). The third-order valence-electron chi connectivity index (χ3n) is 2.28. The van der Waals surface area contributed by atoms with Crippen molar-refractivity contribution in [3.8, 4) is 10.6 Å². The Morgan fingerprint density at radius 1 is 1.39 bits per heavy atom. The van der Waals surface area contributed by atoms with Gasteiger partial charge in [0, 0.05) is 11.8 Å². The quantitative estimate of drug-likeness (QED) is 0.916. The van der Waals surface area contributed by atoms with Gasteiger partial charge in [0.05, 0.1) is 16.9 Å². The van der Waals surface area contributed by atoms with Gasteiger partial charge >= 0.3 is 6.18 Å². The van der Waals surface area contributed by atoms with Crippen molar-refractivity contribution in [3.05, 3.63) is 33.4 Å². The van der Waals surface area contributed by atoms with E-state index in [1.807, 2.05) is 0 Å². The lowest BCUT2D eigenvalue weighted by molar-refractivity contribution is -0.137. The Labute approximate surface area is 104 Å². The van der Waals surface area contributed by atoms with Gasteiger partial charge in [0.2, 0.25) is 0 Å². The Hall–Kier alpha value is -1.70. The molecule has 2 heterocycles. The minimum Gasteiger partial charge on any atom is -0.313 e. The Morgan fingerprint density at radius 2 is 2.11 bits per heavy atom. The normalized spacial score (nSPS) is 11.8. The number of nitrogens with zero attached hydrogens (tertiary/aromatic N) is 2. The molecule has 0 fully saturated rings. The summed E-state index contributed by atoms with van der Waals surface area (Å²) in [6.45, 7) is 1.74. The van der Waals surface area contributed by atoms with Gasteiger partial charge < -0.3 is 4.98 Å². The summed E-state index contributed by atoms with van der Waals surface area (Å²) < 4.78 is 37.3. The lowest BCUT2D eigenvalue weighted by atomic mass is 10.1. The molecule has 0 aliphatic carbocycles. The molecule has 0 aromatic carbocycles. The first kappa shape index (κ1) is 12.7. The molecular weight excluding hydrogens is 267 g/mol. The smallest absolute Gasteiger partial charge is 0.313 e. The van der Waals surface area contributed by atoms with Crippen LogP contribution in [-0.4, -0.2) is 15.0 Å². The summed E-state index contributed by atoms with van der Waals surface area (Å²) in [7, 11) is 0. The van der Waals surface area contributed by atoms with Crippen LogP contribution in [0.2, 0.25) is 0 Å². The predicted molar refractivity (Wildman–Crippen MR) is 60.3 cm³/mol. The van der Waals surface area contributed by atoms with E-state index in [1.165, 1.54) is 6.33 Å². The molecule has 2 aromatic rings. The van der Waals surface area contributed by atoms with E-state index in [-0.39, 0.29) is 16.1 Å². The zero-order valence-electron chi connectivity index (χ0n) is 9.21. The second-order valence-electron chi connectivity index (χ2n) is 3.44. The summed E-state index contributed by atoms with van der Waals surface area (Å²) in [5.74, 6) is 0. The van der Waals surface area contributed by atoms with E-state index in [0.29, 0.717) is 23.3 Å². The number of aromatic nitrogens is 3. The molecule has 0 saturated carbocycles. The van der Waals surface area contributed by atoms with Crippen molar-refractivity contribution in [1.82, 2.24) is 15.0 Å². The fourth-order valence-corrected chi connectivity index (χ4v) is 2.29. The number of alkyl halides is 3. The standard InChI is InChI=1S/C10H8F3N3OS/c1-2-5-7(15-4-16-8(5)17)6-3-14-9(18-6)10(11,12)13/h3-4H,2H2,1H3,(H,15,16,17). The van der Waals surface area contributed by atoms with Crippen LogP contribution < -0.4 is 5.56 Å². The van der Waals surface area contributed by atoms with Crippen molar-refractivity contribution >= 4 is 11.3 Å². The topological polar surface area (TPSA) is 58.6 Å². The van der Waals surface area contributed by atoms with E-state index in [9.17, 15) is 18.0 Å². The van der Waals surface area contributed by atoms with Gasteiger partial charge in [-0.25, -0.2) is 9.97 Å². The Bertz CT molecular complexity index is 617. The average Bonchev–Trinajstić information content (AvgIpc) is 2.77. The summed E-state index contributed by atoms with van der Waals surface area (Å²) in [5, 5.41) is -0.943. The summed E-state index contributed by atoms with van der Waals surface area (Å²) in [6.07, 6.45) is -1.83. The molecule has 0 aliphatic heterocycles. The van der Waals surface area contributed by atoms with Crippen LogP contribution in [0.5, 0.6) is 0 Å². The molecule has 2 aromatic heterocycles. The van der Waals surface area contributed by atoms with E-state index in [2.05, 4.69) is 15.0 Å². The number of hydrogen-bond donors (Lipinski definition) is 1. The van der Waals surface area contributed by atoms with Gasteiger partial charge in [0.1, 0.15) is 0 Å². The zero-order chi connectivity index (χ0) is 13.3. The molecule has 18 heavy (non-hydrogen) atoms. The minimum atomic E-state index is -4.48. The number of aromatic amines is 1. The fourth-order valence-electron chi connectivity index (χ4n) is 1.48. The molecule has 0 bridgehead atoms. The highest BCUT2D eigenvalue weighted by molar-refractivity contribution is 7.15. The number of H-pyrrole nitrogens is 1. The number of halogens is 3. The van der Waals surface area contributed by atoms with Gasteiger partial charge in [0.25, 0.3) is 5.56 Å². The van der Waals surface area contributed by atoms with Gasteiger partial charge in [0.15, 0.2) is 5.01 Å². The molecule has 4 nitrogen and oxygen atoms in total. The Balaban J connectivity index is 2.53. The van der Waals surface area contributed by atoms with Crippen LogP contribution in [0.4, 0.5) is 13.2 Å². The van der Waals surface area contributed by atoms with Crippen LogP contribution in [-0.2, 0) is 12.6 Å². The molecule has 96 valence electrons. The first-order valence-electron chi connectivity index (χ1n) is 5.03. The lowest BCUT2D eigenvalue weighted by Gasteiger charge is -2.02. The minimum absolute atomic E-state index is 0.241. The first-order chi connectivity index (χ1) is 8.43. The Morgan fingerprint density at radius 3 is 2.67 bits per heavy atom. The SMILES string of the molecule is CCc1c(-c2cnc(C(F)(F)F)s2)nc[nH]c1=O. The van der Waals surface area contributed by atoms with E-state index in [1.54, 1.807) is 6.92 Å². The molecule has 1 N–H and O–H groups in total. The van der Waals surface area contributed by atoms with Crippen LogP contribution in [0, 0.1) is 0 Å². The third-order valence-corrected chi connectivity index (χ3v) is 3.33. The van der Waals surface area contributed by atoms with Gasteiger partial charge in [-0.05, 0) is 6.42 Å². The van der Waals surface area contributed by atoms with Crippen LogP contribution >= 0.6 is 11.3 Å². The molecular formula is C10H8F3N3OS. The second-order valence-corrected chi connectivity index (χ2v) is 4.47. The van der Waals surface area contributed by atoms with E-state index in [4.69, 9.17) is 0 Å². The van der Waals surface area contributed by atoms with E-state index < -0.39 is 11.2 Å². The number of hydrogen-bond acceptors (Lipinski definition) is 4. The molecule has 0 atom stereocenters. The predicted octanol–water partition coefficient (Wildman–Crippen LogP) is 2.47. The Kier molecular flexibility index (Phi) is 3.20. The van der Waals surface area contributed by atoms with Crippen molar-refractivity contribution in [2.45, 2.75) is 19.5 Å². The van der Waals surface area contributed by atoms with Crippen LogP contribution in [0.3, 0.4) is 0 Å². The van der Waals surface area contributed by atoms with E-state index >= 15 is 0 Å². The maximum atomic E-state index is 12.4. The molecule has 0 amide bonds. The molecule has 0 radical (unpaired) electrons. The molecule has 0 aliphatic rings. The maximum Gasteiger partial charge on any atom is 0.443 e. The summed E-state index contributed by atoms with van der Waals surface area (Å²) in [5.41, 5.74) is 0.272. The maximum absolute atomic E-state index is 12.4. The molecule has 0 saturated heterocycles. The van der Waals surface area contributed by atoms with Gasteiger partial charge in [-0.1, -0.05) is 6.92 Å². The largest absolute Gasteiger partial charge is 0.443 e. The van der Waals surface area contributed by atoms with Crippen LogP contribution in [0.1, 0.15) is 17.5 Å². The number of rotatable bonds is 2. The van der Waals surface area contributed by atoms with Gasteiger partial charge in [-0.3, -0.25) is 4.79 Å². The second kappa shape index (κ2) is 4.52. The number of nitrogens with one attached hydrogen (secondary N) is 1. The van der Waals surface area contributed by atoms with Crippen LogP contribution in [0.15, 0.2) is 17.3 Å². The first-order valence-corrected chi connectivity index (χ1v) is 5.85. The van der Waals surface area contributed by atoms with Gasteiger partial charge in [-0.15, -0.1) is 11.3 Å². The zero-order valence-corrected chi connectivity index (χ0v) is 10.0. The summed E-state index contributed by atoms with van der Waals surface area (Å²) in [4.78, 5) is 21.4. The van der Waals surface area contributed by atoms with Crippen molar-refractivity contribution in [1.29, 1.82) is 0 Å². The summed E-state index contributed by atoms with van der Waals surface area (Å²) in [6, 6.07) is 0. The lowest BCUT2D eigenvalue weighted by Crippen LogP contribution is -2.13. The monoisotopic (exact) mass is 275 g/mol. The van der Waals surface area contributed by atoms with Crippen molar-refractivity contribution in [2.75, 3.05) is 0 Å². The highest BCUT2D eigenvalue weighted by atomic mass is 32.1. The van der Waals surface area contributed by atoms with E-state index in [0.717, 1.165) is 6.20 Å². The fraction of sp³-hybridized carbons (Fsp3) is 0.300. The van der Waals surface area contributed by atoms with Crippen LogP contribution in [0.25, 0.3) is 10.6 Å². The highest BCUT2D eigenvalue weighted by Gasteiger charge is 2.35. The van der Waals surface area contributed by atoms with Crippen molar-refractivity contribution in [2.24, 2.45) is 0 Å². The number of thiazole rings is 1. The summed E-state index contributed by atoms with van der Waals surface area (Å²) >= 11 is 0.480. The van der Waals surface area contributed by atoms with Gasteiger partial charge in [-0.2, -0.15) is 13.2 Å². The molecule has 0 spiro atoms.